The minimum Gasteiger partial charge on any atom is -0.303 e. The van der Waals surface area contributed by atoms with Crippen molar-refractivity contribution in [2.75, 3.05) is 0 Å². The predicted molar refractivity (Wildman–Crippen MR) is 43.7 cm³/mol. The molecule has 1 aliphatic rings. The van der Waals surface area contributed by atoms with E-state index < -0.39 is 5.03 Å². The fourth-order valence-corrected chi connectivity index (χ4v) is 0.952. The maximum atomic E-state index is 10.1. The summed E-state index contributed by atoms with van der Waals surface area (Å²) in [6.45, 7) is 0. The fraction of sp³-hybridized carbons (Fsp3) is 0.571. The average molecular weight is 172 g/mol. The number of rotatable bonds is 1. The van der Waals surface area contributed by atoms with E-state index in [4.69, 9.17) is 10.1 Å². The van der Waals surface area contributed by atoms with Gasteiger partial charge in [-0.3, -0.25) is 0 Å². The summed E-state index contributed by atoms with van der Waals surface area (Å²) in [5.41, 5.74) is 0. The van der Waals surface area contributed by atoms with Crippen molar-refractivity contribution in [2.45, 2.75) is 19.3 Å². The maximum absolute atomic E-state index is 10.1. The standard InChI is InChI=1S/C7H10O.H2N2O2/c8-6-7-4-2-1-3-5-7;1-2(3)4/h2,4,6-7H,1,3,5H2;1H2. The molecule has 2 N–H and O–H groups in total. The highest BCUT2D eigenvalue weighted by Gasteiger charge is 2.04. The summed E-state index contributed by atoms with van der Waals surface area (Å²) in [5, 5.41) is 7.58. The van der Waals surface area contributed by atoms with E-state index in [0.717, 1.165) is 19.1 Å². The minimum atomic E-state index is -1.00. The Morgan fingerprint density at radius 3 is 2.50 bits per heavy atom. The first kappa shape index (κ1) is 10.6. The van der Waals surface area contributed by atoms with Gasteiger partial charge in [-0.25, -0.2) is 10.1 Å². The molecule has 1 rings (SSSR count). The highest BCUT2D eigenvalue weighted by atomic mass is 16.7. The van der Waals surface area contributed by atoms with Crippen LogP contribution in [0.3, 0.4) is 0 Å². The number of nitro groups is 1. The first-order valence-corrected chi connectivity index (χ1v) is 3.68. The normalized spacial score (nSPS) is 20.5. The van der Waals surface area contributed by atoms with Gasteiger partial charge >= 0.3 is 0 Å². The van der Waals surface area contributed by atoms with Crippen molar-refractivity contribution in [3.63, 3.8) is 0 Å². The summed E-state index contributed by atoms with van der Waals surface area (Å²) in [7, 11) is 0. The number of hydrogen-bond acceptors (Lipinski definition) is 3. The van der Waals surface area contributed by atoms with E-state index in [1.54, 1.807) is 0 Å². The lowest BCUT2D eigenvalue weighted by Gasteiger charge is -2.07. The van der Waals surface area contributed by atoms with E-state index in [-0.39, 0.29) is 5.92 Å². The fourth-order valence-electron chi connectivity index (χ4n) is 0.952. The van der Waals surface area contributed by atoms with Gasteiger partial charge in [0.2, 0.25) is 0 Å². The molecular weight excluding hydrogens is 160 g/mol. The van der Waals surface area contributed by atoms with Crippen molar-refractivity contribution < 1.29 is 9.83 Å². The third-order valence-electron chi connectivity index (χ3n) is 1.47. The van der Waals surface area contributed by atoms with Crippen molar-refractivity contribution in [3.8, 4) is 0 Å². The second-order valence-electron chi connectivity index (χ2n) is 2.44. The monoisotopic (exact) mass is 172 g/mol. The van der Waals surface area contributed by atoms with Crippen LogP contribution in [0.2, 0.25) is 0 Å². The summed E-state index contributed by atoms with van der Waals surface area (Å²) in [6, 6.07) is 0. The second kappa shape index (κ2) is 6.33. The molecule has 0 aromatic carbocycles. The van der Waals surface area contributed by atoms with Crippen LogP contribution in [0.1, 0.15) is 19.3 Å². The molecule has 0 spiro atoms. The van der Waals surface area contributed by atoms with Crippen LogP contribution in [-0.4, -0.2) is 11.3 Å². The van der Waals surface area contributed by atoms with Crippen molar-refractivity contribution in [1.29, 1.82) is 0 Å². The number of hydrogen-bond donors (Lipinski definition) is 1. The van der Waals surface area contributed by atoms with Gasteiger partial charge < -0.3 is 4.79 Å². The predicted octanol–water partition coefficient (Wildman–Crippen LogP) is 0.678. The third kappa shape index (κ3) is 6.73. The number of carbonyl (C=O) groups is 1. The molecule has 0 aromatic rings. The molecular formula is C7H12N2O3. The summed E-state index contributed by atoms with van der Waals surface area (Å²) in [6.07, 6.45) is 8.50. The lowest BCUT2D eigenvalue weighted by Crippen LogP contribution is -2.04. The number of nitrogens with zero attached hydrogens (tertiary/aromatic N) is 1. The number of allylic oxidation sites excluding steroid dienone is 2. The largest absolute Gasteiger partial charge is 0.303 e. The van der Waals surface area contributed by atoms with Crippen LogP contribution in [0.5, 0.6) is 0 Å². The van der Waals surface area contributed by atoms with Crippen LogP contribution in [-0.2, 0) is 4.79 Å². The van der Waals surface area contributed by atoms with Crippen molar-refractivity contribution in [2.24, 2.45) is 11.8 Å². The van der Waals surface area contributed by atoms with Crippen molar-refractivity contribution in [1.82, 2.24) is 0 Å². The molecule has 0 saturated heterocycles. The molecule has 0 aromatic heterocycles. The molecule has 0 radical (unpaired) electrons. The lowest BCUT2D eigenvalue weighted by molar-refractivity contribution is -0.491. The SMILES string of the molecule is N[N+](=O)[O-].O=CC1C=CCCC1. The number of nitrogens with two attached hydrogens (primary N) is 1. The van der Waals surface area contributed by atoms with Gasteiger partial charge in [-0.2, -0.15) is 5.84 Å². The molecule has 68 valence electrons. The van der Waals surface area contributed by atoms with Gasteiger partial charge in [0.25, 0.3) is 0 Å². The van der Waals surface area contributed by atoms with E-state index in [1.807, 2.05) is 6.08 Å². The van der Waals surface area contributed by atoms with Gasteiger partial charge in [-0.15, -0.1) is 0 Å². The number of aldehydes is 1. The Morgan fingerprint density at radius 1 is 1.67 bits per heavy atom. The molecule has 0 heterocycles. The van der Waals surface area contributed by atoms with E-state index >= 15 is 0 Å². The maximum Gasteiger partial charge on any atom is 0.154 e. The van der Waals surface area contributed by atoms with Crippen LogP contribution in [0.25, 0.3) is 0 Å². The summed E-state index contributed by atoms with van der Waals surface area (Å²) in [5.74, 6) is 4.06. The number of hydrazine groups is 1. The Morgan fingerprint density at radius 2 is 2.25 bits per heavy atom. The molecule has 0 aliphatic heterocycles. The molecule has 5 nitrogen and oxygen atoms in total. The molecule has 1 aliphatic carbocycles. The zero-order valence-corrected chi connectivity index (χ0v) is 6.68. The van der Waals surface area contributed by atoms with Gasteiger partial charge in [-0.1, -0.05) is 12.2 Å². The van der Waals surface area contributed by atoms with Crippen LogP contribution >= 0.6 is 0 Å². The van der Waals surface area contributed by atoms with Crippen LogP contribution < -0.4 is 5.84 Å². The summed E-state index contributed by atoms with van der Waals surface area (Å²) >= 11 is 0. The van der Waals surface area contributed by atoms with Gasteiger partial charge in [0, 0.05) is 5.92 Å². The van der Waals surface area contributed by atoms with Crippen molar-refractivity contribution >= 4 is 6.29 Å². The van der Waals surface area contributed by atoms with Gasteiger partial charge in [-0.05, 0) is 19.3 Å². The van der Waals surface area contributed by atoms with Crippen LogP contribution in [0.4, 0.5) is 0 Å². The van der Waals surface area contributed by atoms with Crippen LogP contribution in [0, 0.1) is 16.0 Å². The van der Waals surface area contributed by atoms with Crippen molar-refractivity contribution in [3.05, 3.63) is 22.3 Å². The Balaban J connectivity index is 0.000000261. The van der Waals surface area contributed by atoms with E-state index in [0.29, 0.717) is 0 Å². The zero-order valence-electron chi connectivity index (χ0n) is 6.68. The molecule has 0 amide bonds. The molecule has 0 saturated carbocycles. The summed E-state index contributed by atoms with van der Waals surface area (Å²) in [4.78, 5) is 18.7. The van der Waals surface area contributed by atoms with E-state index in [2.05, 4.69) is 11.9 Å². The highest BCUT2D eigenvalue weighted by Crippen LogP contribution is 2.13. The minimum absolute atomic E-state index is 0.226. The third-order valence-corrected chi connectivity index (χ3v) is 1.47. The first-order valence-electron chi connectivity index (χ1n) is 3.68. The Kier molecular flexibility index (Phi) is 5.60. The van der Waals surface area contributed by atoms with Gasteiger partial charge in [0.1, 0.15) is 6.29 Å². The van der Waals surface area contributed by atoms with E-state index in [9.17, 15) is 4.79 Å². The molecule has 1 unspecified atom stereocenters. The van der Waals surface area contributed by atoms with Gasteiger partial charge in [0.15, 0.2) is 5.03 Å². The Labute approximate surface area is 70.4 Å². The molecule has 0 bridgehead atoms. The quantitative estimate of drug-likeness (QED) is 0.207. The Hall–Kier alpha value is -1.39. The average Bonchev–Trinajstić information content (AvgIpc) is 2.05. The second-order valence-corrected chi connectivity index (χ2v) is 2.44. The highest BCUT2D eigenvalue weighted by molar-refractivity contribution is 5.56. The van der Waals surface area contributed by atoms with E-state index in [1.165, 1.54) is 6.42 Å². The zero-order chi connectivity index (χ0) is 9.40. The number of carbonyl (C=O) groups excluding carboxylic acids is 1. The summed E-state index contributed by atoms with van der Waals surface area (Å²) < 4.78 is 0. The smallest absolute Gasteiger partial charge is 0.154 e. The Bertz CT molecular complexity index is 175. The molecule has 5 heteroatoms. The first-order chi connectivity index (χ1) is 5.66. The molecule has 0 fully saturated rings. The van der Waals surface area contributed by atoms with Gasteiger partial charge in [0.05, 0.1) is 0 Å². The molecule has 1 atom stereocenters. The van der Waals surface area contributed by atoms with Crippen LogP contribution in [0.15, 0.2) is 12.2 Å². The lowest BCUT2D eigenvalue weighted by atomic mass is 9.98. The molecule has 12 heavy (non-hydrogen) atoms. The topological polar surface area (TPSA) is 86.2 Å².